The van der Waals surface area contributed by atoms with E-state index >= 15 is 0 Å². The average molecular weight is 177 g/mol. The highest BCUT2D eigenvalue weighted by molar-refractivity contribution is 6.06. The summed E-state index contributed by atoms with van der Waals surface area (Å²) in [5.41, 5.74) is 0.489. The van der Waals surface area contributed by atoms with E-state index in [1.807, 2.05) is 0 Å². The minimum atomic E-state index is -0.0903. The van der Waals surface area contributed by atoms with Gasteiger partial charge in [-0.15, -0.1) is 0 Å². The van der Waals surface area contributed by atoms with Crippen LogP contribution in [-0.4, -0.2) is 17.9 Å². The summed E-state index contributed by atoms with van der Waals surface area (Å²) >= 11 is 0. The van der Waals surface area contributed by atoms with E-state index in [1.54, 1.807) is 25.3 Å². The lowest BCUT2D eigenvalue weighted by Gasteiger charge is -2.03. The number of aromatic nitrogens is 1. The van der Waals surface area contributed by atoms with Crippen molar-refractivity contribution in [2.45, 2.75) is 6.92 Å². The molecular formula is C10H11NO2. The Kier molecular flexibility index (Phi) is 3.20. The Morgan fingerprint density at radius 1 is 1.62 bits per heavy atom. The van der Waals surface area contributed by atoms with Gasteiger partial charge in [0.05, 0.1) is 12.7 Å². The smallest absolute Gasteiger partial charge is 0.190 e. The van der Waals surface area contributed by atoms with Crippen molar-refractivity contribution in [1.29, 1.82) is 0 Å². The molecule has 3 nitrogen and oxygen atoms in total. The summed E-state index contributed by atoms with van der Waals surface area (Å²) in [6.07, 6.45) is 6.26. The summed E-state index contributed by atoms with van der Waals surface area (Å²) in [5.74, 6) is 0.463. The SMILES string of the molecule is C/C=C/C(=O)c1cnccc1OC. The average Bonchev–Trinajstić information content (AvgIpc) is 2.18. The number of pyridine rings is 1. The molecule has 0 saturated heterocycles. The molecule has 1 rings (SSSR count). The van der Waals surface area contributed by atoms with E-state index in [0.29, 0.717) is 11.3 Å². The maximum Gasteiger partial charge on any atom is 0.190 e. The molecule has 3 heteroatoms. The number of ketones is 1. The molecule has 1 heterocycles. The maximum absolute atomic E-state index is 11.4. The predicted octanol–water partition coefficient (Wildman–Crippen LogP) is 1.85. The third-order valence-electron chi connectivity index (χ3n) is 1.58. The molecule has 0 aromatic carbocycles. The fourth-order valence-corrected chi connectivity index (χ4v) is 0.986. The number of carbonyl (C=O) groups is 1. The summed E-state index contributed by atoms with van der Waals surface area (Å²) in [7, 11) is 1.53. The van der Waals surface area contributed by atoms with Crippen molar-refractivity contribution >= 4 is 5.78 Å². The van der Waals surface area contributed by atoms with Crippen molar-refractivity contribution in [2.75, 3.05) is 7.11 Å². The van der Waals surface area contributed by atoms with Crippen LogP contribution in [0.3, 0.4) is 0 Å². The lowest BCUT2D eigenvalue weighted by Crippen LogP contribution is -1.99. The highest BCUT2D eigenvalue weighted by Gasteiger charge is 2.07. The predicted molar refractivity (Wildman–Crippen MR) is 49.9 cm³/mol. The first-order valence-corrected chi connectivity index (χ1v) is 3.94. The van der Waals surface area contributed by atoms with Crippen molar-refractivity contribution in [2.24, 2.45) is 0 Å². The van der Waals surface area contributed by atoms with E-state index in [4.69, 9.17) is 4.74 Å². The zero-order valence-electron chi connectivity index (χ0n) is 7.65. The summed E-state index contributed by atoms with van der Waals surface area (Å²) in [6, 6.07) is 1.66. The van der Waals surface area contributed by atoms with E-state index in [0.717, 1.165) is 0 Å². The van der Waals surface area contributed by atoms with Crippen molar-refractivity contribution in [1.82, 2.24) is 4.98 Å². The molecule has 0 spiro atoms. The molecule has 1 aromatic heterocycles. The molecule has 0 radical (unpaired) electrons. The quantitative estimate of drug-likeness (QED) is 0.522. The maximum atomic E-state index is 11.4. The zero-order chi connectivity index (χ0) is 9.68. The van der Waals surface area contributed by atoms with Crippen LogP contribution in [-0.2, 0) is 0 Å². The van der Waals surface area contributed by atoms with Gasteiger partial charge >= 0.3 is 0 Å². The van der Waals surface area contributed by atoms with E-state index in [9.17, 15) is 4.79 Å². The fraction of sp³-hybridized carbons (Fsp3) is 0.200. The number of hydrogen-bond donors (Lipinski definition) is 0. The van der Waals surface area contributed by atoms with Crippen LogP contribution in [0.25, 0.3) is 0 Å². The molecule has 0 aliphatic carbocycles. The number of nitrogens with zero attached hydrogens (tertiary/aromatic N) is 1. The van der Waals surface area contributed by atoms with Crippen LogP contribution in [0.15, 0.2) is 30.6 Å². The van der Waals surface area contributed by atoms with Crippen LogP contribution in [0.2, 0.25) is 0 Å². The van der Waals surface area contributed by atoms with Crippen LogP contribution >= 0.6 is 0 Å². The molecule has 0 fully saturated rings. The van der Waals surface area contributed by atoms with Crippen LogP contribution < -0.4 is 4.74 Å². The van der Waals surface area contributed by atoms with Gasteiger partial charge in [0.15, 0.2) is 5.78 Å². The number of carbonyl (C=O) groups excluding carboxylic acids is 1. The second-order valence-electron chi connectivity index (χ2n) is 2.44. The third-order valence-corrected chi connectivity index (χ3v) is 1.58. The standard InChI is InChI=1S/C10H11NO2/c1-3-4-9(12)8-7-11-6-5-10(8)13-2/h3-7H,1-2H3/b4-3+. The summed E-state index contributed by atoms with van der Waals surface area (Å²) < 4.78 is 5.02. The highest BCUT2D eigenvalue weighted by atomic mass is 16.5. The topological polar surface area (TPSA) is 39.2 Å². The van der Waals surface area contributed by atoms with Crippen molar-refractivity contribution in [3.63, 3.8) is 0 Å². The van der Waals surface area contributed by atoms with Crippen molar-refractivity contribution < 1.29 is 9.53 Å². The van der Waals surface area contributed by atoms with Gasteiger partial charge in [-0.3, -0.25) is 9.78 Å². The van der Waals surface area contributed by atoms with E-state index in [2.05, 4.69) is 4.98 Å². The molecule has 13 heavy (non-hydrogen) atoms. The number of ether oxygens (including phenoxy) is 1. The number of methoxy groups -OCH3 is 1. The van der Waals surface area contributed by atoms with Crippen LogP contribution in [0.1, 0.15) is 17.3 Å². The highest BCUT2D eigenvalue weighted by Crippen LogP contribution is 2.16. The number of allylic oxidation sites excluding steroid dienone is 2. The Labute approximate surface area is 77.1 Å². The molecule has 0 saturated carbocycles. The Balaban J connectivity index is 3.05. The Morgan fingerprint density at radius 2 is 2.38 bits per heavy atom. The first kappa shape index (κ1) is 9.45. The second-order valence-corrected chi connectivity index (χ2v) is 2.44. The van der Waals surface area contributed by atoms with Gasteiger partial charge in [-0.1, -0.05) is 6.08 Å². The third kappa shape index (κ3) is 2.15. The zero-order valence-corrected chi connectivity index (χ0v) is 7.65. The molecule has 0 bridgehead atoms. The first-order chi connectivity index (χ1) is 6.29. The lowest BCUT2D eigenvalue weighted by atomic mass is 10.1. The van der Waals surface area contributed by atoms with Gasteiger partial charge in [0.2, 0.25) is 0 Å². The van der Waals surface area contributed by atoms with E-state index < -0.39 is 0 Å². The molecule has 0 aliphatic rings. The minimum absolute atomic E-state index is 0.0903. The van der Waals surface area contributed by atoms with Gasteiger partial charge in [-0.25, -0.2) is 0 Å². The van der Waals surface area contributed by atoms with Gasteiger partial charge in [-0.2, -0.15) is 0 Å². The molecule has 68 valence electrons. The van der Waals surface area contributed by atoms with Crippen LogP contribution in [0, 0.1) is 0 Å². The van der Waals surface area contributed by atoms with E-state index in [-0.39, 0.29) is 5.78 Å². The Morgan fingerprint density at radius 3 is 3.00 bits per heavy atom. The number of rotatable bonds is 3. The molecule has 0 aliphatic heterocycles. The molecule has 0 N–H and O–H groups in total. The van der Waals surface area contributed by atoms with Gasteiger partial charge in [0.1, 0.15) is 5.75 Å². The largest absolute Gasteiger partial charge is 0.496 e. The lowest BCUT2D eigenvalue weighted by molar-refractivity contribution is 0.104. The first-order valence-electron chi connectivity index (χ1n) is 3.94. The van der Waals surface area contributed by atoms with Crippen LogP contribution in [0.5, 0.6) is 5.75 Å². The van der Waals surface area contributed by atoms with Crippen molar-refractivity contribution in [3.05, 3.63) is 36.2 Å². The van der Waals surface area contributed by atoms with Gasteiger partial charge in [0.25, 0.3) is 0 Å². The summed E-state index contributed by atoms with van der Waals surface area (Å²) in [6.45, 7) is 1.79. The monoisotopic (exact) mass is 177 g/mol. The number of hydrogen-bond acceptors (Lipinski definition) is 3. The van der Waals surface area contributed by atoms with Crippen LogP contribution in [0.4, 0.5) is 0 Å². The normalized spacial score (nSPS) is 10.3. The molecule has 0 unspecified atom stereocenters. The molecule has 0 atom stereocenters. The Bertz CT molecular complexity index is 331. The molecule has 0 amide bonds. The van der Waals surface area contributed by atoms with Gasteiger partial charge in [-0.05, 0) is 19.1 Å². The van der Waals surface area contributed by atoms with Gasteiger partial charge < -0.3 is 4.74 Å². The van der Waals surface area contributed by atoms with E-state index in [1.165, 1.54) is 19.4 Å². The fourth-order valence-electron chi connectivity index (χ4n) is 0.986. The molecule has 1 aromatic rings. The van der Waals surface area contributed by atoms with Crippen molar-refractivity contribution in [3.8, 4) is 5.75 Å². The molecular weight excluding hydrogens is 166 g/mol. The summed E-state index contributed by atoms with van der Waals surface area (Å²) in [4.78, 5) is 15.3. The summed E-state index contributed by atoms with van der Waals surface area (Å²) in [5, 5.41) is 0. The van der Waals surface area contributed by atoms with Gasteiger partial charge in [0, 0.05) is 12.4 Å². The second kappa shape index (κ2) is 4.40. The minimum Gasteiger partial charge on any atom is -0.496 e. The Hall–Kier alpha value is -1.64.